The number of nitrogens with two attached hydrogens (primary N) is 1. The molecule has 0 spiro atoms. The van der Waals surface area contributed by atoms with Crippen LogP contribution in [0.25, 0.3) is 11.4 Å². The molecule has 162 valence electrons. The molecular weight excluding hydrogens is 402 g/mol. The van der Waals surface area contributed by atoms with Crippen molar-refractivity contribution >= 4 is 27.4 Å². The second-order valence-corrected chi connectivity index (χ2v) is 10.9. The fourth-order valence-corrected chi connectivity index (χ4v) is 5.92. The smallest absolute Gasteiger partial charge is 0.318 e. The van der Waals surface area contributed by atoms with Crippen molar-refractivity contribution < 1.29 is 13.2 Å². The number of anilines is 2. The van der Waals surface area contributed by atoms with Crippen LogP contribution >= 0.6 is 0 Å². The Bertz CT molecular complexity index is 1010. The van der Waals surface area contributed by atoms with E-state index in [-0.39, 0.29) is 17.1 Å². The van der Waals surface area contributed by atoms with Crippen molar-refractivity contribution in [3.8, 4) is 11.4 Å². The molecule has 0 radical (unpaired) electrons. The van der Waals surface area contributed by atoms with Gasteiger partial charge in [0.2, 0.25) is 0 Å². The molecule has 2 aromatic rings. The molecule has 30 heavy (non-hydrogen) atoms. The highest BCUT2D eigenvalue weighted by atomic mass is 32.2. The zero-order valence-corrected chi connectivity index (χ0v) is 18.4. The highest BCUT2D eigenvalue weighted by molar-refractivity contribution is 7.92. The lowest BCUT2D eigenvalue weighted by Crippen LogP contribution is -2.39. The zero-order valence-electron chi connectivity index (χ0n) is 17.6. The summed E-state index contributed by atoms with van der Waals surface area (Å²) in [7, 11) is -1.92. The van der Waals surface area contributed by atoms with E-state index in [0.717, 1.165) is 19.3 Å². The lowest BCUT2D eigenvalue weighted by molar-refractivity contribution is 0.254. The van der Waals surface area contributed by atoms with E-state index in [2.05, 4.69) is 20.6 Å². The number of carbonyl (C=O) groups is 1. The fraction of sp³-hybridized carbons (Fsp3) is 0.476. The van der Waals surface area contributed by atoms with Gasteiger partial charge >= 0.3 is 6.03 Å². The molecule has 0 unspecified atom stereocenters. The molecular formula is C21H29N5O3S. The van der Waals surface area contributed by atoms with E-state index in [9.17, 15) is 13.2 Å². The van der Waals surface area contributed by atoms with E-state index < -0.39 is 14.6 Å². The molecule has 1 aromatic carbocycles. The van der Waals surface area contributed by atoms with Crippen molar-refractivity contribution in [2.24, 2.45) is 0 Å². The lowest BCUT2D eigenvalue weighted by atomic mass is 10.0. The van der Waals surface area contributed by atoms with Crippen molar-refractivity contribution in [3.05, 3.63) is 36.0 Å². The topological polar surface area (TPSA) is 127 Å². The summed E-state index contributed by atoms with van der Waals surface area (Å²) in [5, 5.41) is 4.81. The standard InChI is InChI=1S/C21H29N5O3S/c1-21(2,30(28,29)16-7-5-4-6-8-16)17-13-18(22)26-19(25-17)14-9-11-15(12-10-14)24-20(27)23-3/h9-13,16H,4-8H2,1-3H3,(H2,22,25,26)(H2,23,24,27). The molecule has 1 aliphatic rings. The number of nitrogen functional groups attached to an aromatic ring is 1. The molecule has 0 aliphatic heterocycles. The molecule has 1 heterocycles. The molecule has 2 amide bonds. The maximum Gasteiger partial charge on any atom is 0.318 e. The van der Waals surface area contributed by atoms with Gasteiger partial charge in [-0.15, -0.1) is 0 Å². The zero-order chi connectivity index (χ0) is 21.9. The molecule has 1 aromatic heterocycles. The van der Waals surface area contributed by atoms with Gasteiger partial charge in [0.05, 0.1) is 10.9 Å². The van der Waals surface area contributed by atoms with Gasteiger partial charge in [0.15, 0.2) is 15.7 Å². The third kappa shape index (κ3) is 4.40. The van der Waals surface area contributed by atoms with Crippen LogP contribution < -0.4 is 16.4 Å². The van der Waals surface area contributed by atoms with Crippen LogP contribution in [0.3, 0.4) is 0 Å². The predicted octanol–water partition coefficient (Wildman–Crippen LogP) is 3.46. The van der Waals surface area contributed by atoms with Gasteiger partial charge in [-0.3, -0.25) is 0 Å². The monoisotopic (exact) mass is 431 g/mol. The van der Waals surface area contributed by atoms with Gasteiger partial charge in [0.1, 0.15) is 10.6 Å². The van der Waals surface area contributed by atoms with Gasteiger partial charge in [-0.2, -0.15) is 0 Å². The third-order valence-electron chi connectivity index (χ3n) is 5.69. The Hall–Kier alpha value is -2.68. The molecule has 4 N–H and O–H groups in total. The maximum atomic E-state index is 13.4. The van der Waals surface area contributed by atoms with Crippen molar-refractivity contribution in [1.82, 2.24) is 15.3 Å². The Kier molecular flexibility index (Phi) is 6.30. The van der Waals surface area contributed by atoms with E-state index in [4.69, 9.17) is 5.73 Å². The molecule has 3 rings (SSSR count). The summed E-state index contributed by atoms with van der Waals surface area (Å²) < 4.78 is 25.6. The van der Waals surface area contributed by atoms with Crippen molar-refractivity contribution in [3.63, 3.8) is 0 Å². The van der Waals surface area contributed by atoms with Gasteiger partial charge in [0.25, 0.3) is 0 Å². The first kappa shape index (κ1) is 22.0. The Morgan fingerprint density at radius 2 is 1.73 bits per heavy atom. The third-order valence-corrected chi connectivity index (χ3v) is 8.67. The van der Waals surface area contributed by atoms with Crippen molar-refractivity contribution in [2.45, 2.75) is 55.9 Å². The second kappa shape index (κ2) is 8.59. The molecule has 1 fully saturated rings. The quantitative estimate of drug-likeness (QED) is 0.665. The molecule has 0 saturated heterocycles. The summed E-state index contributed by atoms with van der Waals surface area (Å²) in [5.74, 6) is 0.567. The summed E-state index contributed by atoms with van der Waals surface area (Å²) >= 11 is 0. The minimum Gasteiger partial charge on any atom is -0.384 e. The van der Waals surface area contributed by atoms with Gasteiger partial charge in [-0.1, -0.05) is 19.3 Å². The van der Waals surface area contributed by atoms with Crippen LogP contribution in [-0.2, 0) is 14.6 Å². The summed E-state index contributed by atoms with van der Waals surface area (Å²) in [6, 6.07) is 8.19. The minimum absolute atomic E-state index is 0.217. The molecule has 9 heteroatoms. The number of benzene rings is 1. The number of amides is 2. The Balaban J connectivity index is 1.93. The lowest BCUT2D eigenvalue weighted by Gasteiger charge is -2.32. The molecule has 0 atom stereocenters. The van der Waals surface area contributed by atoms with Crippen molar-refractivity contribution in [1.29, 1.82) is 0 Å². The normalized spacial score (nSPS) is 15.6. The number of nitrogens with one attached hydrogen (secondary N) is 2. The number of hydrogen-bond donors (Lipinski definition) is 3. The van der Waals surface area contributed by atoms with E-state index in [0.29, 0.717) is 35.6 Å². The van der Waals surface area contributed by atoms with E-state index in [1.165, 1.54) is 7.05 Å². The number of hydrogen-bond acceptors (Lipinski definition) is 6. The Labute approximate surface area is 177 Å². The van der Waals surface area contributed by atoms with Crippen LogP contribution in [0.5, 0.6) is 0 Å². The van der Waals surface area contributed by atoms with Crippen LogP contribution in [0.15, 0.2) is 30.3 Å². The van der Waals surface area contributed by atoms with Crippen LogP contribution in [0, 0.1) is 0 Å². The number of urea groups is 1. The van der Waals surface area contributed by atoms with Crippen LogP contribution in [0.4, 0.5) is 16.3 Å². The second-order valence-electron chi connectivity index (χ2n) is 8.10. The van der Waals surface area contributed by atoms with Gasteiger partial charge in [-0.25, -0.2) is 23.2 Å². The van der Waals surface area contributed by atoms with Crippen molar-refractivity contribution in [2.75, 3.05) is 18.1 Å². The first-order chi connectivity index (χ1) is 14.1. The summed E-state index contributed by atoms with van der Waals surface area (Å²) in [6.07, 6.45) is 4.35. The molecule has 1 saturated carbocycles. The van der Waals surface area contributed by atoms with Crippen LogP contribution in [-0.4, -0.2) is 36.7 Å². The van der Waals surface area contributed by atoms with E-state index >= 15 is 0 Å². The summed E-state index contributed by atoms with van der Waals surface area (Å²) in [4.78, 5) is 20.3. The number of carbonyl (C=O) groups excluding carboxylic acids is 1. The van der Waals surface area contributed by atoms with E-state index in [1.54, 1.807) is 44.2 Å². The van der Waals surface area contributed by atoms with Gasteiger partial charge < -0.3 is 16.4 Å². The Morgan fingerprint density at radius 1 is 1.10 bits per heavy atom. The maximum absolute atomic E-state index is 13.4. The van der Waals surface area contributed by atoms with Crippen LogP contribution in [0.2, 0.25) is 0 Å². The number of nitrogens with zero attached hydrogens (tertiary/aromatic N) is 2. The average Bonchev–Trinajstić information content (AvgIpc) is 2.74. The first-order valence-corrected chi connectivity index (χ1v) is 11.7. The predicted molar refractivity (Wildman–Crippen MR) is 119 cm³/mol. The highest BCUT2D eigenvalue weighted by Crippen LogP contribution is 2.37. The molecule has 0 bridgehead atoms. The Morgan fingerprint density at radius 3 is 2.33 bits per heavy atom. The fourth-order valence-electron chi connectivity index (χ4n) is 3.74. The largest absolute Gasteiger partial charge is 0.384 e. The SMILES string of the molecule is CNC(=O)Nc1ccc(-c2nc(N)cc(C(C)(C)S(=O)(=O)C3CCCCC3)n2)cc1. The first-order valence-electron chi connectivity index (χ1n) is 10.1. The average molecular weight is 432 g/mol. The number of aromatic nitrogens is 2. The van der Waals surface area contributed by atoms with Gasteiger partial charge in [-0.05, 0) is 51.0 Å². The summed E-state index contributed by atoms with van der Waals surface area (Å²) in [6.45, 7) is 3.39. The number of sulfone groups is 1. The van der Waals surface area contributed by atoms with E-state index in [1.807, 2.05) is 0 Å². The van der Waals surface area contributed by atoms with Gasteiger partial charge in [0, 0.05) is 24.4 Å². The highest BCUT2D eigenvalue weighted by Gasteiger charge is 2.43. The van der Waals surface area contributed by atoms with Crippen LogP contribution in [0.1, 0.15) is 51.6 Å². The molecule has 8 nitrogen and oxygen atoms in total. The molecule has 1 aliphatic carbocycles. The minimum atomic E-state index is -3.45. The number of rotatable bonds is 5. The summed E-state index contributed by atoms with van der Waals surface area (Å²) in [5.41, 5.74) is 7.70.